The van der Waals surface area contributed by atoms with Crippen molar-refractivity contribution in [3.05, 3.63) is 89.3 Å². The molecule has 0 aliphatic rings. The Hall–Kier alpha value is -4.37. The van der Waals surface area contributed by atoms with Gasteiger partial charge in [0.15, 0.2) is 17.9 Å². The molecule has 0 atom stereocenters. The van der Waals surface area contributed by atoms with Gasteiger partial charge in [0, 0.05) is 17.4 Å². The smallest absolute Gasteiger partial charge is 0.358 e. The number of nitrogens with zero attached hydrogens (tertiary/aromatic N) is 4. The zero-order chi connectivity index (χ0) is 25.1. The number of hydrogen-bond donors (Lipinski definition) is 1. The maximum atomic E-state index is 12.7. The van der Waals surface area contributed by atoms with Crippen LogP contribution in [0, 0.1) is 0 Å². The number of pyridine rings is 1. The van der Waals surface area contributed by atoms with E-state index in [9.17, 15) is 9.59 Å². The summed E-state index contributed by atoms with van der Waals surface area (Å²) >= 11 is 6.00. The van der Waals surface area contributed by atoms with E-state index < -0.39 is 5.97 Å². The van der Waals surface area contributed by atoms with Gasteiger partial charge in [-0.1, -0.05) is 35.9 Å². The first-order valence-corrected chi connectivity index (χ1v) is 11.7. The lowest BCUT2D eigenvalue weighted by Crippen LogP contribution is -2.21. The summed E-state index contributed by atoms with van der Waals surface area (Å²) < 4.78 is 14.3. The number of hydrogen-bond acceptors (Lipinski definition) is 6. The van der Waals surface area contributed by atoms with E-state index in [1.807, 2.05) is 53.2 Å². The Kier molecular flexibility index (Phi) is 6.55. The Morgan fingerprint density at radius 3 is 2.67 bits per heavy atom. The first-order valence-electron chi connectivity index (χ1n) is 11.3. The van der Waals surface area contributed by atoms with Crippen LogP contribution in [0.3, 0.4) is 0 Å². The molecule has 5 aromatic rings. The molecule has 182 valence electrons. The number of halogens is 1. The predicted octanol–water partition coefficient (Wildman–Crippen LogP) is 4.58. The molecule has 0 saturated heterocycles. The second-order valence-corrected chi connectivity index (χ2v) is 8.38. The highest BCUT2D eigenvalue weighted by molar-refractivity contribution is 6.30. The summed E-state index contributed by atoms with van der Waals surface area (Å²) in [6.07, 6.45) is 3.29. The second-order valence-electron chi connectivity index (χ2n) is 7.94. The quantitative estimate of drug-likeness (QED) is 0.311. The van der Waals surface area contributed by atoms with Crippen LogP contribution in [0.1, 0.15) is 23.0 Å². The van der Waals surface area contributed by atoms with E-state index in [-0.39, 0.29) is 24.8 Å². The lowest BCUT2D eigenvalue weighted by molar-refractivity contribution is -0.118. The number of fused-ring (bicyclic) bond motifs is 2. The van der Waals surface area contributed by atoms with Crippen molar-refractivity contribution in [2.24, 2.45) is 0 Å². The summed E-state index contributed by atoms with van der Waals surface area (Å²) in [6.45, 7) is 2.24. The van der Waals surface area contributed by atoms with Crippen molar-refractivity contribution in [1.29, 1.82) is 0 Å². The first-order chi connectivity index (χ1) is 17.5. The number of anilines is 1. The normalized spacial score (nSPS) is 11.1. The molecule has 0 spiro atoms. The average Bonchev–Trinajstić information content (AvgIpc) is 3.47. The van der Waals surface area contributed by atoms with Crippen LogP contribution in [0.25, 0.3) is 16.6 Å². The molecular formula is C26H22ClN5O4. The van der Waals surface area contributed by atoms with Gasteiger partial charge in [-0.2, -0.15) is 0 Å². The zero-order valence-corrected chi connectivity index (χ0v) is 20.1. The summed E-state index contributed by atoms with van der Waals surface area (Å²) in [4.78, 5) is 29.1. The summed E-state index contributed by atoms with van der Waals surface area (Å²) in [5.74, 6) is -0.554. The minimum atomic E-state index is -0.525. The van der Waals surface area contributed by atoms with Gasteiger partial charge in [0.25, 0.3) is 5.91 Å². The number of benzene rings is 2. The number of carbonyl (C=O) groups is 2. The zero-order valence-electron chi connectivity index (χ0n) is 19.3. The third-order valence-electron chi connectivity index (χ3n) is 5.45. The van der Waals surface area contributed by atoms with Crippen LogP contribution >= 0.6 is 11.6 Å². The Balaban J connectivity index is 1.31. The van der Waals surface area contributed by atoms with Crippen LogP contribution in [0.15, 0.2) is 73.1 Å². The van der Waals surface area contributed by atoms with Crippen molar-refractivity contribution in [3.63, 3.8) is 0 Å². The molecule has 0 aliphatic carbocycles. The van der Waals surface area contributed by atoms with Crippen LogP contribution in [-0.2, 0) is 16.1 Å². The summed E-state index contributed by atoms with van der Waals surface area (Å²) in [6, 6.07) is 18.7. The molecule has 1 N–H and O–H groups in total. The number of amides is 1. The minimum absolute atomic E-state index is 0.160. The molecule has 0 radical (unpaired) electrons. The fraction of sp³-hybridized carbons (Fsp3) is 0.154. The third-order valence-corrected chi connectivity index (χ3v) is 5.70. The predicted molar refractivity (Wildman–Crippen MR) is 136 cm³/mol. The van der Waals surface area contributed by atoms with E-state index in [0.717, 1.165) is 16.5 Å². The van der Waals surface area contributed by atoms with Gasteiger partial charge in [-0.25, -0.2) is 9.78 Å². The minimum Gasteiger partial charge on any atom is -0.466 e. The number of ether oxygens (including phenoxy) is 2. The van der Waals surface area contributed by atoms with Gasteiger partial charge in [-0.3, -0.25) is 9.48 Å². The van der Waals surface area contributed by atoms with Gasteiger partial charge < -0.3 is 19.2 Å². The Morgan fingerprint density at radius 2 is 1.86 bits per heavy atom. The van der Waals surface area contributed by atoms with Crippen LogP contribution in [0.2, 0.25) is 5.02 Å². The van der Waals surface area contributed by atoms with Gasteiger partial charge in [-0.05, 0) is 48.9 Å². The van der Waals surface area contributed by atoms with Crippen molar-refractivity contribution >= 4 is 45.7 Å². The molecule has 10 heteroatoms. The molecule has 3 aromatic heterocycles. The maximum absolute atomic E-state index is 12.7. The fourth-order valence-corrected chi connectivity index (χ4v) is 3.95. The van der Waals surface area contributed by atoms with Crippen molar-refractivity contribution in [2.45, 2.75) is 13.5 Å². The molecule has 36 heavy (non-hydrogen) atoms. The second kappa shape index (κ2) is 10.1. The Bertz CT molecular complexity index is 1560. The van der Waals surface area contributed by atoms with E-state index in [2.05, 4.69) is 15.4 Å². The van der Waals surface area contributed by atoms with E-state index in [1.54, 1.807) is 35.9 Å². The number of imidazole rings is 1. The fourth-order valence-electron chi connectivity index (χ4n) is 3.82. The summed E-state index contributed by atoms with van der Waals surface area (Å²) in [7, 11) is 0. The van der Waals surface area contributed by atoms with Gasteiger partial charge in [0.05, 0.1) is 29.7 Å². The largest absolute Gasteiger partial charge is 0.466 e. The topological polar surface area (TPSA) is 99.8 Å². The Morgan fingerprint density at radius 1 is 1.06 bits per heavy atom. The van der Waals surface area contributed by atoms with Gasteiger partial charge in [0.2, 0.25) is 5.88 Å². The van der Waals surface area contributed by atoms with Crippen LogP contribution in [0.5, 0.6) is 5.88 Å². The third kappa shape index (κ3) is 4.87. The number of rotatable bonds is 8. The molecule has 0 saturated carbocycles. The van der Waals surface area contributed by atoms with Gasteiger partial charge >= 0.3 is 5.97 Å². The Labute approximate surface area is 211 Å². The number of aromatic nitrogens is 4. The number of carbonyl (C=O) groups excluding carboxylic acids is 2. The molecule has 1 amide bonds. The molecular weight excluding hydrogens is 482 g/mol. The highest BCUT2D eigenvalue weighted by atomic mass is 35.5. The molecule has 0 fully saturated rings. The van der Waals surface area contributed by atoms with E-state index in [1.165, 1.54) is 0 Å². The van der Waals surface area contributed by atoms with E-state index in [4.69, 9.17) is 21.1 Å². The monoisotopic (exact) mass is 503 g/mol. The number of esters is 1. The maximum Gasteiger partial charge on any atom is 0.358 e. The molecule has 0 bridgehead atoms. The van der Waals surface area contributed by atoms with Crippen molar-refractivity contribution < 1.29 is 19.1 Å². The molecule has 9 nitrogen and oxygen atoms in total. The number of nitrogens with one attached hydrogen (secondary N) is 1. The van der Waals surface area contributed by atoms with Crippen molar-refractivity contribution in [3.8, 4) is 5.88 Å². The lowest BCUT2D eigenvalue weighted by Gasteiger charge is -2.07. The van der Waals surface area contributed by atoms with Crippen molar-refractivity contribution in [2.75, 3.05) is 18.5 Å². The molecule has 0 unspecified atom stereocenters. The van der Waals surface area contributed by atoms with Gasteiger partial charge in [0.1, 0.15) is 0 Å². The van der Waals surface area contributed by atoms with Crippen LogP contribution in [-0.4, -0.2) is 44.3 Å². The van der Waals surface area contributed by atoms with E-state index >= 15 is 0 Å². The standard InChI is InChI=1S/C26H22ClN5O4/c1-2-35-26(34)21-15-31-13-5-7-20(24(31)29-21)28-23(33)16-36-25-19-6-3-4-8-22(19)32(30-25)14-17-9-11-18(27)12-10-17/h3-13,15H,2,14,16H2,1H3,(H,28,33). The molecule has 2 aromatic carbocycles. The van der Waals surface area contributed by atoms with Crippen LogP contribution < -0.4 is 10.1 Å². The summed E-state index contributed by atoms with van der Waals surface area (Å²) in [5, 5.41) is 8.85. The molecule has 3 heterocycles. The lowest BCUT2D eigenvalue weighted by atomic mass is 10.2. The highest BCUT2D eigenvalue weighted by Crippen LogP contribution is 2.26. The first kappa shape index (κ1) is 23.4. The van der Waals surface area contributed by atoms with Crippen LogP contribution in [0.4, 0.5) is 5.69 Å². The van der Waals surface area contributed by atoms with Crippen molar-refractivity contribution in [1.82, 2.24) is 19.2 Å². The SMILES string of the molecule is CCOC(=O)c1cn2cccc(NC(=O)COc3nn(Cc4ccc(Cl)cc4)c4ccccc34)c2n1. The summed E-state index contributed by atoms with van der Waals surface area (Å²) in [5.41, 5.74) is 2.95. The van der Waals surface area contributed by atoms with Gasteiger partial charge in [-0.15, -0.1) is 5.10 Å². The molecule has 5 rings (SSSR count). The number of para-hydroxylation sites is 1. The average molecular weight is 504 g/mol. The molecule has 0 aliphatic heterocycles. The van der Waals surface area contributed by atoms with E-state index in [0.29, 0.717) is 28.8 Å². The highest BCUT2D eigenvalue weighted by Gasteiger charge is 2.16.